The van der Waals surface area contributed by atoms with E-state index < -0.39 is 0 Å². The second-order valence-corrected chi connectivity index (χ2v) is 7.38. The standard InChI is InChI=1S/C19H28FN5O.HI/c1-19(2,3)24-17(26)12-25(5)18(21-4)22-9-8-13-11-23-16-7-6-14(20)10-15(13)16;/h6-7,10-11,23H,8-9,12H2,1-5H3,(H,21,22)(H,24,26);1H. The SMILES string of the molecule is CN=C(NCCc1c[nH]c2ccc(F)cc12)N(C)CC(=O)NC(C)(C)C.I. The number of hydrogen-bond acceptors (Lipinski definition) is 2. The van der Waals surface area contributed by atoms with Gasteiger partial charge >= 0.3 is 0 Å². The fraction of sp³-hybridized carbons (Fsp3) is 0.474. The molecule has 0 aliphatic rings. The zero-order chi connectivity index (χ0) is 19.3. The number of fused-ring (bicyclic) bond motifs is 1. The highest BCUT2D eigenvalue weighted by molar-refractivity contribution is 14.0. The Hall–Kier alpha value is -1.84. The van der Waals surface area contributed by atoms with Crippen molar-refractivity contribution in [1.82, 2.24) is 20.5 Å². The van der Waals surface area contributed by atoms with Gasteiger partial charge in [-0.05, 0) is 51.0 Å². The average Bonchev–Trinajstić information content (AvgIpc) is 2.91. The highest BCUT2D eigenvalue weighted by Gasteiger charge is 2.16. The van der Waals surface area contributed by atoms with Crippen LogP contribution in [-0.4, -0.2) is 54.5 Å². The summed E-state index contributed by atoms with van der Waals surface area (Å²) in [4.78, 5) is 21.2. The highest BCUT2D eigenvalue weighted by Crippen LogP contribution is 2.19. The summed E-state index contributed by atoms with van der Waals surface area (Å²) >= 11 is 0. The largest absolute Gasteiger partial charge is 0.361 e. The van der Waals surface area contributed by atoms with Crippen LogP contribution in [0.3, 0.4) is 0 Å². The van der Waals surface area contributed by atoms with Crippen LogP contribution in [0, 0.1) is 5.82 Å². The summed E-state index contributed by atoms with van der Waals surface area (Å²) in [6, 6.07) is 4.72. The van der Waals surface area contributed by atoms with Crippen LogP contribution in [0.4, 0.5) is 4.39 Å². The van der Waals surface area contributed by atoms with Crippen LogP contribution in [-0.2, 0) is 11.2 Å². The Morgan fingerprint density at radius 3 is 2.67 bits per heavy atom. The van der Waals surface area contributed by atoms with Crippen molar-refractivity contribution in [1.29, 1.82) is 0 Å². The van der Waals surface area contributed by atoms with Crippen molar-refractivity contribution in [2.24, 2.45) is 4.99 Å². The maximum Gasteiger partial charge on any atom is 0.240 e. The highest BCUT2D eigenvalue weighted by atomic mass is 127. The maximum absolute atomic E-state index is 13.5. The zero-order valence-corrected chi connectivity index (χ0v) is 18.8. The Labute approximate surface area is 177 Å². The molecule has 0 saturated carbocycles. The number of carbonyl (C=O) groups is 1. The van der Waals surface area contributed by atoms with Gasteiger partial charge in [0.1, 0.15) is 5.82 Å². The molecule has 0 radical (unpaired) electrons. The molecule has 0 bridgehead atoms. The molecule has 3 N–H and O–H groups in total. The molecule has 0 aliphatic heterocycles. The van der Waals surface area contributed by atoms with Gasteiger partial charge in [-0.1, -0.05) is 0 Å². The van der Waals surface area contributed by atoms with Crippen LogP contribution in [0.1, 0.15) is 26.3 Å². The van der Waals surface area contributed by atoms with Crippen molar-refractivity contribution >= 4 is 46.7 Å². The lowest BCUT2D eigenvalue weighted by atomic mass is 10.1. The average molecular weight is 489 g/mol. The molecule has 1 aromatic carbocycles. The number of likely N-dealkylation sites (N-methyl/N-ethyl adjacent to an activating group) is 1. The topological polar surface area (TPSA) is 72.5 Å². The summed E-state index contributed by atoms with van der Waals surface area (Å²) < 4.78 is 13.5. The molecule has 8 heteroatoms. The van der Waals surface area contributed by atoms with Gasteiger partial charge < -0.3 is 20.5 Å². The molecule has 0 atom stereocenters. The van der Waals surface area contributed by atoms with Crippen LogP contribution < -0.4 is 10.6 Å². The first-order chi connectivity index (χ1) is 12.2. The van der Waals surface area contributed by atoms with E-state index in [1.807, 2.05) is 34.0 Å². The first kappa shape index (κ1) is 23.2. The van der Waals surface area contributed by atoms with Gasteiger partial charge in [-0.3, -0.25) is 9.79 Å². The third-order valence-corrected chi connectivity index (χ3v) is 3.88. The normalized spacial score (nSPS) is 11.9. The number of hydrogen-bond donors (Lipinski definition) is 3. The quantitative estimate of drug-likeness (QED) is 0.344. The summed E-state index contributed by atoms with van der Waals surface area (Å²) in [6.45, 7) is 6.68. The number of guanidine groups is 1. The van der Waals surface area contributed by atoms with E-state index in [9.17, 15) is 9.18 Å². The summed E-state index contributed by atoms with van der Waals surface area (Å²) in [6.07, 6.45) is 2.61. The second-order valence-electron chi connectivity index (χ2n) is 7.38. The number of amides is 1. The van der Waals surface area contributed by atoms with Crippen LogP contribution in [0.5, 0.6) is 0 Å². The Kier molecular flexibility index (Phi) is 8.52. The minimum absolute atomic E-state index is 0. The first-order valence-corrected chi connectivity index (χ1v) is 8.68. The number of benzene rings is 1. The van der Waals surface area contributed by atoms with Crippen molar-refractivity contribution < 1.29 is 9.18 Å². The Bertz CT molecular complexity index is 797. The van der Waals surface area contributed by atoms with E-state index in [2.05, 4.69) is 20.6 Å². The number of aliphatic imine (C=N–C) groups is 1. The molecule has 1 aromatic heterocycles. The third-order valence-electron chi connectivity index (χ3n) is 3.88. The zero-order valence-electron chi connectivity index (χ0n) is 16.5. The molecule has 0 aliphatic carbocycles. The molecule has 6 nitrogen and oxygen atoms in total. The molecular formula is C19H29FIN5O. The van der Waals surface area contributed by atoms with Crippen molar-refractivity contribution in [3.8, 4) is 0 Å². The molecule has 0 saturated heterocycles. The number of rotatable bonds is 5. The van der Waals surface area contributed by atoms with E-state index in [0.29, 0.717) is 18.9 Å². The van der Waals surface area contributed by atoms with Crippen LogP contribution >= 0.6 is 24.0 Å². The molecule has 27 heavy (non-hydrogen) atoms. The molecule has 2 rings (SSSR count). The van der Waals surface area contributed by atoms with Crippen molar-refractivity contribution in [2.75, 3.05) is 27.2 Å². The predicted molar refractivity (Wildman–Crippen MR) is 119 cm³/mol. The molecule has 0 unspecified atom stereocenters. The van der Waals surface area contributed by atoms with Gasteiger partial charge in [-0.15, -0.1) is 24.0 Å². The smallest absolute Gasteiger partial charge is 0.240 e. The van der Waals surface area contributed by atoms with Crippen LogP contribution in [0.25, 0.3) is 10.9 Å². The van der Waals surface area contributed by atoms with E-state index in [0.717, 1.165) is 16.5 Å². The van der Waals surface area contributed by atoms with Gasteiger partial charge in [-0.2, -0.15) is 0 Å². The van der Waals surface area contributed by atoms with Crippen molar-refractivity contribution in [3.63, 3.8) is 0 Å². The summed E-state index contributed by atoms with van der Waals surface area (Å²) in [5, 5.41) is 7.06. The van der Waals surface area contributed by atoms with E-state index in [-0.39, 0.29) is 47.8 Å². The minimum Gasteiger partial charge on any atom is -0.361 e. The Balaban J connectivity index is 0.00000364. The number of nitrogens with zero attached hydrogens (tertiary/aromatic N) is 2. The van der Waals surface area contributed by atoms with Gasteiger partial charge in [0.15, 0.2) is 5.96 Å². The number of aromatic nitrogens is 1. The Morgan fingerprint density at radius 2 is 2.04 bits per heavy atom. The van der Waals surface area contributed by atoms with E-state index in [4.69, 9.17) is 0 Å². The molecule has 2 aromatic rings. The lowest BCUT2D eigenvalue weighted by Crippen LogP contribution is -2.49. The minimum atomic E-state index is -0.264. The van der Waals surface area contributed by atoms with Gasteiger partial charge in [0.25, 0.3) is 0 Å². The fourth-order valence-corrected chi connectivity index (χ4v) is 2.80. The predicted octanol–water partition coefficient (Wildman–Crippen LogP) is 2.89. The van der Waals surface area contributed by atoms with Gasteiger partial charge in [0.05, 0.1) is 6.54 Å². The lowest BCUT2D eigenvalue weighted by Gasteiger charge is -2.25. The molecule has 0 fully saturated rings. The van der Waals surface area contributed by atoms with E-state index in [1.165, 1.54) is 6.07 Å². The third kappa shape index (κ3) is 7.00. The summed E-state index contributed by atoms with van der Waals surface area (Å²) in [5.74, 6) is 0.335. The number of aromatic amines is 1. The van der Waals surface area contributed by atoms with Crippen molar-refractivity contribution in [2.45, 2.75) is 32.7 Å². The summed E-state index contributed by atoms with van der Waals surface area (Å²) in [5.41, 5.74) is 1.69. The number of nitrogens with one attached hydrogen (secondary N) is 3. The maximum atomic E-state index is 13.5. The van der Waals surface area contributed by atoms with Gasteiger partial charge in [-0.25, -0.2) is 4.39 Å². The molecular weight excluding hydrogens is 460 g/mol. The van der Waals surface area contributed by atoms with Crippen LogP contribution in [0.15, 0.2) is 29.4 Å². The van der Waals surface area contributed by atoms with E-state index in [1.54, 1.807) is 24.1 Å². The van der Waals surface area contributed by atoms with Gasteiger partial charge in [0, 0.05) is 43.3 Å². The molecule has 1 amide bonds. The Morgan fingerprint density at radius 1 is 1.33 bits per heavy atom. The first-order valence-electron chi connectivity index (χ1n) is 8.68. The fourth-order valence-electron chi connectivity index (χ4n) is 2.80. The number of carbonyl (C=O) groups excluding carboxylic acids is 1. The lowest BCUT2D eigenvalue weighted by molar-refractivity contribution is -0.122. The summed E-state index contributed by atoms with van der Waals surface area (Å²) in [7, 11) is 3.50. The second kappa shape index (κ2) is 9.91. The number of halogens is 2. The van der Waals surface area contributed by atoms with Gasteiger partial charge in [0.2, 0.25) is 5.91 Å². The van der Waals surface area contributed by atoms with Crippen LogP contribution in [0.2, 0.25) is 0 Å². The molecule has 1 heterocycles. The monoisotopic (exact) mass is 489 g/mol. The van der Waals surface area contributed by atoms with Crippen molar-refractivity contribution in [3.05, 3.63) is 35.8 Å². The van der Waals surface area contributed by atoms with E-state index >= 15 is 0 Å². The molecule has 0 spiro atoms. The number of H-pyrrole nitrogens is 1. The molecule has 150 valence electrons.